The van der Waals surface area contributed by atoms with Gasteiger partial charge in [0.15, 0.2) is 0 Å². The quantitative estimate of drug-likeness (QED) is 0.876. The van der Waals surface area contributed by atoms with Crippen LogP contribution in [0.4, 0.5) is 0 Å². The molecule has 0 bridgehead atoms. The zero-order valence-corrected chi connectivity index (χ0v) is 14.5. The number of hydrogen-bond acceptors (Lipinski definition) is 3. The molecule has 6 heteroatoms. The average Bonchev–Trinajstić information content (AvgIpc) is 3.27. The van der Waals surface area contributed by atoms with E-state index in [1.54, 1.807) is 6.20 Å². The molecule has 0 radical (unpaired) electrons. The molecule has 1 aromatic heterocycles. The van der Waals surface area contributed by atoms with E-state index in [9.17, 15) is 9.59 Å². The number of benzene rings is 1. The fourth-order valence-electron chi connectivity index (χ4n) is 3.45. The number of hydrogen-bond donors (Lipinski definition) is 1. The Bertz CT molecular complexity index is 699. The molecule has 2 aromatic rings. The first-order valence-electron chi connectivity index (χ1n) is 8.72. The molecule has 1 saturated heterocycles. The van der Waals surface area contributed by atoms with Gasteiger partial charge < -0.3 is 10.2 Å². The first kappa shape index (κ1) is 17.2. The van der Waals surface area contributed by atoms with Gasteiger partial charge in [0.25, 0.3) is 0 Å². The molecule has 2 atom stereocenters. The highest BCUT2D eigenvalue weighted by atomic mass is 16.2. The summed E-state index contributed by atoms with van der Waals surface area (Å²) in [4.78, 5) is 26.4. The van der Waals surface area contributed by atoms with E-state index >= 15 is 0 Å². The van der Waals surface area contributed by atoms with Crippen LogP contribution >= 0.6 is 0 Å². The molecule has 1 fully saturated rings. The summed E-state index contributed by atoms with van der Waals surface area (Å²) >= 11 is 0. The van der Waals surface area contributed by atoms with E-state index in [2.05, 4.69) is 10.4 Å². The van der Waals surface area contributed by atoms with E-state index in [-0.39, 0.29) is 30.3 Å². The van der Waals surface area contributed by atoms with Crippen LogP contribution in [-0.2, 0) is 16.1 Å². The molecule has 1 aromatic carbocycles. The Kier molecular flexibility index (Phi) is 5.48. The third kappa shape index (κ3) is 4.47. The minimum absolute atomic E-state index is 0.0808. The van der Waals surface area contributed by atoms with Crippen LogP contribution in [0.2, 0.25) is 0 Å². The topological polar surface area (TPSA) is 67.2 Å². The smallest absolute Gasteiger partial charge is 0.225 e. The Morgan fingerprint density at radius 2 is 2.08 bits per heavy atom. The van der Waals surface area contributed by atoms with Crippen molar-refractivity contribution < 1.29 is 9.59 Å². The minimum Gasteiger partial charge on any atom is -0.349 e. The number of carbonyl (C=O) groups is 2. The van der Waals surface area contributed by atoms with Crippen LogP contribution in [0.3, 0.4) is 0 Å². The maximum atomic E-state index is 12.9. The van der Waals surface area contributed by atoms with Gasteiger partial charge in [-0.05, 0) is 24.5 Å². The van der Waals surface area contributed by atoms with Gasteiger partial charge in [0, 0.05) is 25.9 Å². The van der Waals surface area contributed by atoms with Crippen LogP contribution in [0.1, 0.15) is 37.8 Å². The third-order valence-electron chi connectivity index (χ3n) is 4.61. The number of carbonyl (C=O) groups excluding carboxylic acids is 2. The summed E-state index contributed by atoms with van der Waals surface area (Å²) in [6, 6.07) is 11.4. The van der Waals surface area contributed by atoms with E-state index in [1.165, 1.54) is 6.92 Å². The minimum atomic E-state index is -0.294. The Morgan fingerprint density at radius 3 is 2.76 bits per heavy atom. The van der Waals surface area contributed by atoms with Crippen molar-refractivity contribution in [3.05, 3.63) is 54.4 Å². The van der Waals surface area contributed by atoms with Crippen LogP contribution in [0, 0.1) is 0 Å². The Morgan fingerprint density at radius 1 is 1.28 bits per heavy atom. The highest BCUT2D eigenvalue weighted by Crippen LogP contribution is 2.24. The van der Waals surface area contributed by atoms with Gasteiger partial charge in [-0.1, -0.05) is 30.3 Å². The molecule has 6 nitrogen and oxygen atoms in total. The maximum Gasteiger partial charge on any atom is 0.225 e. The standard InChI is InChI=1S/C19H24N4O2/c1-15(24)21-18(16-7-3-2-4-8-16)13-19(25)23-12-5-9-17(23)14-22-11-6-10-20-22/h2-4,6-8,10-11,17-18H,5,9,12-14H2,1H3,(H,21,24)/t17-,18-/m1/s1. The monoisotopic (exact) mass is 340 g/mol. The zero-order valence-electron chi connectivity index (χ0n) is 14.5. The molecule has 1 N–H and O–H groups in total. The number of amides is 2. The fourth-order valence-corrected chi connectivity index (χ4v) is 3.45. The second kappa shape index (κ2) is 7.96. The maximum absolute atomic E-state index is 12.9. The molecule has 1 aliphatic heterocycles. The molecule has 25 heavy (non-hydrogen) atoms. The molecule has 0 spiro atoms. The summed E-state index contributed by atoms with van der Waals surface area (Å²) in [5.74, 6) is -0.0478. The van der Waals surface area contributed by atoms with Crippen LogP contribution < -0.4 is 5.32 Å². The summed E-state index contributed by atoms with van der Waals surface area (Å²) in [6.07, 6.45) is 5.95. The lowest BCUT2D eigenvalue weighted by Gasteiger charge is -2.27. The molecule has 3 rings (SSSR count). The number of likely N-dealkylation sites (tertiary alicyclic amines) is 1. The van der Waals surface area contributed by atoms with Crippen LogP contribution in [-0.4, -0.2) is 39.1 Å². The summed E-state index contributed by atoms with van der Waals surface area (Å²) in [5.41, 5.74) is 0.953. The van der Waals surface area contributed by atoms with Crippen LogP contribution in [0.15, 0.2) is 48.8 Å². The summed E-state index contributed by atoms with van der Waals surface area (Å²) in [5, 5.41) is 7.15. The van der Waals surface area contributed by atoms with E-state index in [0.717, 1.165) is 31.5 Å². The number of aromatic nitrogens is 2. The molecule has 0 unspecified atom stereocenters. The number of nitrogens with zero attached hydrogens (tertiary/aromatic N) is 3. The van der Waals surface area contributed by atoms with Gasteiger partial charge in [-0.25, -0.2) is 0 Å². The molecule has 0 aliphatic carbocycles. The molecule has 2 heterocycles. The molecular formula is C19H24N4O2. The highest BCUT2D eigenvalue weighted by molar-refractivity contribution is 5.79. The van der Waals surface area contributed by atoms with E-state index in [1.807, 2.05) is 52.2 Å². The SMILES string of the molecule is CC(=O)N[C@H](CC(=O)N1CCC[C@@H]1Cn1cccn1)c1ccccc1. The molecule has 2 amide bonds. The zero-order chi connectivity index (χ0) is 17.6. The average molecular weight is 340 g/mol. The molecule has 0 saturated carbocycles. The predicted molar refractivity (Wildman–Crippen MR) is 94.6 cm³/mol. The van der Waals surface area contributed by atoms with Gasteiger partial charge in [0.05, 0.1) is 25.0 Å². The Labute approximate surface area is 147 Å². The van der Waals surface area contributed by atoms with Gasteiger partial charge in [-0.3, -0.25) is 14.3 Å². The lowest BCUT2D eigenvalue weighted by molar-refractivity contribution is -0.133. The van der Waals surface area contributed by atoms with Crippen LogP contribution in [0.25, 0.3) is 0 Å². The van der Waals surface area contributed by atoms with Crippen molar-refractivity contribution in [3.63, 3.8) is 0 Å². The van der Waals surface area contributed by atoms with Gasteiger partial charge in [-0.15, -0.1) is 0 Å². The lowest BCUT2D eigenvalue weighted by atomic mass is 10.0. The third-order valence-corrected chi connectivity index (χ3v) is 4.61. The largest absolute Gasteiger partial charge is 0.349 e. The van der Waals surface area contributed by atoms with Gasteiger partial charge in [0.2, 0.25) is 11.8 Å². The lowest BCUT2D eigenvalue weighted by Crippen LogP contribution is -2.40. The van der Waals surface area contributed by atoms with Crippen LogP contribution in [0.5, 0.6) is 0 Å². The van der Waals surface area contributed by atoms with E-state index in [4.69, 9.17) is 0 Å². The normalized spacial score (nSPS) is 18.1. The van der Waals surface area contributed by atoms with Crippen molar-refractivity contribution in [1.82, 2.24) is 20.0 Å². The van der Waals surface area contributed by atoms with Crippen molar-refractivity contribution in [1.29, 1.82) is 0 Å². The first-order chi connectivity index (χ1) is 12.1. The summed E-state index contributed by atoms with van der Waals surface area (Å²) in [7, 11) is 0. The van der Waals surface area contributed by atoms with E-state index in [0.29, 0.717) is 0 Å². The molecule has 132 valence electrons. The summed E-state index contributed by atoms with van der Waals surface area (Å²) in [6.45, 7) is 2.97. The second-order valence-corrected chi connectivity index (χ2v) is 6.48. The number of nitrogens with one attached hydrogen (secondary N) is 1. The van der Waals surface area contributed by atoms with Gasteiger partial charge >= 0.3 is 0 Å². The van der Waals surface area contributed by atoms with Crippen molar-refractivity contribution in [3.8, 4) is 0 Å². The predicted octanol–water partition coefficient (Wildman–Crippen LogP) is 2.14. The van der Waals surface area contributed by atoms with Crippen molar-refractivity contribution in [2.75, 3.05) is 6.54 Å². The van der Waals surface area contributed by atoms with Gasteiger partial charge in [0.1, 0.15) is 0 Å². The second-order valence-electron chi connectivity index (χ2n) is 6.48. The van der Waals surface area contributed by atoms with Crippen molar-refractivity contribution in [2.45, 2.75) is 44.8 Å². The van der Waals surface area contributed by atoms with E-state index < -0.39 is 0 Å². The van der Waals surface area contributed by atoms with Crippen molar-refractivity contribution >= 4 is 11.8 Å². The highest BCUT2D eigenvalue weighted by Gasteiger charge is 2.30. The Hall–Kier alpha value is -2.63. The first-order valence-corrected chi connectivity index (χ1v) is 8.72. The molecule has 1 aliphatic rings. The number of rotatable bonds is 6. The fraction of sp³-hybridized carbons (Fsp3) is 0.421. The van der Waals surface area contributed by atoms with Crippen molar-refractivity contribution in [2.24, 2.45) is 0 Å². The Balaban J connectivity index is 1.68. The summed E-state index contributed by atoms with van der Waals surface area (Å²) < 4.78 is 1.87. The molecular weight excluding hydrogens is 316 g/mol. The van der Waals surface area contributed by atoms with Gasteiger partial charge in [-0.2, -0.15) is 5.10 Å².